The molecule has 1 aliphatic carbocycles. The molecule has 3 aromatic rings. The minimum atomic E-state index is -0.413. The molecule has 2 saturated heterocycles. The van der Waals surface area contributed by atoms with E-state index in [1.807, 2.05) is 29.5 Å². The highest BCUT2D eigenvalue weighted by Crippen LogP contribution is 2.41. The van der Waals surface area contributed by atoms with Crippen molar-refractivity contribution in [1.29, 1.82) is 0 Å². The predicted octanol–water partition coefficient (Wildman–Crippen LogP) is 2.31. The van der Waals surface area contributed by atoms with E-state index in [0.29, 0.717) is 19.1 Å². The molecule has 0 bridgehead atoms. The molecule has 1 saturated carbocycles. The summed E-state index contributed by atoms with van der Waals surface area (Å²) < 4.78 is 7.52. The lowest BCUT2D eigenvalue weighted by atomic mass is 9.92. The summed E-state index contributed by atoms with van der Waals surface area (Å²) in [6.45, 7) is 2.99. The largest absolute Gasteiger partial charge is 0.375 e. The summed E-state index contributed by atoms with van der Waals surface area (Å²) in [5.41, 5.74) is 10.9. The first-order valence-electron chi connectivity index (χ1n) is 11.1. The minimum Gasteiger partial charge on any atom is -0.375 e. The Morgan fingerprint density at radius 1 is 1.10 bits per heavy atom. The molecule has 2 aliphatic heterocycles. The third kappa shape index (κ3) is 3.40. The summed E-state index contributed by atoms with van der Waals surface area (Å²) >= 11 is 0. The van der Waals surface area contributed by atoms with Gasteiger partial charge >= 0.3 is 0 Å². The highest BCUT2D eigenvalue weighted by molar-refractivity contribution is 5.58. The van der Waals surface area contributed by atoms with Gasteiger partial charge in [-0.05, 0) is 55.4 Å². The molecule has 0 spiro atoms. The van der Waals surface area contributed by atoms with Crippen LogP contribution >= 0.6 is 0 Å². The first kappa shape index (κ1) is 18.9. The van der Waals surface area contributed by atoms with Gasteiger partial charge in [0.2, 0.25) is 0 Å². The molecule has 160 valence electrons. The molecule has 6 rings (SSSR count). The van der Waals surface area contributed by atoms with Gasteiger partial charge in [0.05, 0.1) is 37.0 Å². The number of nitrogens with zero attached hydrogens (tertiary/aromatic N) is 6. The van der Waals surface area contributed by atoms with E-state index in [2.05, 4.69) is 38.4 Å². The van der Waals surface area contributed by atoms with Crippen LogP contribution in [0, 0.1) is 0 Å². The van der Waals surface area contributed by atoms with Crippen molar-refractivity contribution in [1.82, 2.24) is 25.0 Å². The zero-order valence-electron chi connectivity index (χ0n) is 17.5. The SMILES string of the molecule is N[C@@H]1CCCN(c2ccc(C3(n4cc(-c5cncc(C6CC6)c5)nn4)COC3)nc2)C1. The van der Waals surface area contributed by atoms with E-state index in [9.17, 15) is 0 Å². The number of ether oxygens (including phenoxy) is 1. The fraction of sp³-hybridized carbons (Fsp3) is 0.478. The smallest absolute Gasteiger partial charge is 0.152 e. The van der Waals surface area contributed by atoms with Crippen LogP contribution in [0.4, 0.5) is 5.69 Å². The van der Waals surface area contributed by atoms with Crippen molar-refractivity contribution in [2.24, 2.45) is 5.73 Å². The molecular formula is C23H27N7O. The second-order valence-corrected chi connectivity index (χ2v) is 9.10. The second kappa shape index (κ2) is 7.39. The second-order valence-electron chi connectivity index (χ2n) is 9.10. The van der Waals surface area contributed by atoms with E-state index in [-0.39, 0.29) is 6.04 Å². The zero-order chi connectivity index (χ0) is 20.8. The molecule has 0 radical (unpaired) electrons. The monoisotopic (exact) mass is 417 g/mol. The third-order valence-electron chi connectivity index (χ3n) is 6.77. The molecule has 8 nitrogen and oxygen atoms in total. The molecular weight excluding hydrogens is 390 g/mol. The number of aromatic nitrogens is 5. The van der Waals surface area contributed by atoms with Crippen LogP contribution in [-0.4, -0.2) is 57.3 Å². The van der Waals surface area contributed by atoms with Crippen LogP contribution in [0.15, 0.2) is 43.0 Å². The molecule has 1 atom stereocenters. The van der Waals surface area contributed by atoms with Gasteiger partial charge in [-0.15, -0.1) is 5.10 Å². The van der Waals surface area contributed by atoms with Crippen molar-refractivity contribution in [3.8, 4) is 11.3 Å². The van der Waals surface area contributed by atoms with Gasteiger partial charge in [-0.1, -0.05) is 5.21 Å². The Balaban J connectivity index is 1.27. The van der Waals surface area contributed by atoms with Crippen molar-refractivity contribution in [2.75, 3.05) is 31.2 Å². The zero-order valence-corrected chi connectivity index (χ0v) is 17.5. The minimum absolute atomic E-state index is 0.237. The van der Waals surface area contributed by atoms with E-state index in [1.165, 1.54) is 18.4 Å². The van der Waals surface area contributed by atoms with E-state index < -0.39 is 5.54 Å². The van der Waals surface area contributed by atoms with Crippen molar-refractivity contribution in [3.05, 3.63) is 54.2 Å². The standard InChI is InChI=1S/C23H27N7O/c24-19-2-1-7-29(12-19)20-5-6-22(26-11-20)23(14-31-15-23)30-13-21(27-28-30)18-8-17(9-25-10-18)16-3-4-16/h5-6,8-11,13,16,19H,1-4,7,12,14-15,24H2/t19-/m1/s1. The van der Waals surface area contributed by atoms with Crippen molar-refractivity contribution in [3.63, 3.8) is 0 Å². The van der Waals surface area contributed by atoms with Gasteiger partial charge in [0.15, 0.2) is 5.54 Å². The van der Waals surface area contributed by atoms with Gasteiger partial charge in [-0.2, -0.15) is 0 Å². The van der Waals surface area contributed by atoms with Crippen LogP contribution in [0.3, 0.4) is 0 Å². The van der Waals surface area contributed by atoms with Crippen LogP contribution in [0.2, 0.25) is 0 Å². The van der Waals surface area contributed by atoms with Crippen molar-refractivity contribution < 1.29 is 4.74 Å². The van der Waals surface area contributed by atoms with Crippen molar-refractivity contribution >= 4 is 5.69 Å². The summed E-state index contributed by atoms with van der Waals surface area (Å²) in [5, 5.41) is 8.92. The van der Waals surface area contributed by atoms with Gasteiger partial charge in [0.25, 0.3) is 0 Å². The van der Waals surface area contributed by atoms with Crippen LogP contribution in [0.5, 0.6) is 0 Å². The average Bonchev–Trinajstić information content (AvgIpc) is 3.51. The number of pyridine rings is 2. The van der Waals surface area contributed by atoms with Crippen molar-refractivity contribution in [2.45, 2.75) is 43.2 Å². The summed E-state index contributed by atoms with van der Waals surface area (Å²) in [4.78, 5) is 11.6. The maximum Gasteiger partial charge on any atom is 0.152 e. The Morgan fingerprint density at radius 3 is 2.71 bits per heavy atom. The molecule has 2 N–H and O–H groups in total. The van der Waals surface area contributed by atoms with Crippen LogP contribution < -0.4 is 10.6 Å². The summed E-state index contributed by atoms with van der Waals surface area (Å²) in [6, 6.07) is 6.66. The molecule has 3 aromatic heterocycles. The van der Waals surface area contributed by atoms with E-state index in [1.54, 1.807) is 0 Å². The number of rotatable bonds is 5. The van der Waals surface area contributed by atoms with Gasteiger partial charge in [-0.25, -0.2) is 4.68 Å². The topological polar surface area (TPSA) is 95.0 Å². The summed E-state index contributed by atoms with van der Waals surface area (Å²) in [6.07, 6.45) is 12.5. The highest BCUT2D eigenvalue weighted by atomic mass is 16.5. The molecule has 0 amide bonds. The number of hydrogen-bond donors (Lipinski definition) is 1. The van der Waals surface area contributed by atoms with Gasteiger partial charge in [0, 0.05) is 37.1 Å². The lowest BCUT2D eigenvalue weighted by Crippen LogP contribution is -2.53. The first-order valence-corrected chi connectivity index (χ1v) is 11.1. The Hall–Kier alpha value is -2.84. The van der Waals surface area contributed by atoms with Gasteiger partial charge < -0.3 is 15.4 Å². The average molecular weight is 418 g/mol. The first-order chi connectivity index (χ1) is 15.2. The Labute approximate surface area is 181 Å². The molecule has 5 heterocycles. The molecule has 8 heteroatoms. The number of nitrogens with two attached hydrogens (primary N) is 1. The van der Waals surface area contributed by atoms with Crippen LogP contribution in [-0.2, 0) is 10.3 Å². The van der Waals surface area contributed by atoms with E-state index >= 15 is 0 Å². The lowest BCUT2D eigenvalue weighted by molar-refractivity contribution is -0.0851. The third-order valence-corrected chi connectivity index (χ3v) is 6.77. The molecule has 0 unspecified atom stereocenters. The maximum atomic E-state index is 6.15. The number of piperidine rings is 1. The van der Waals surface area contributed by atoms with Crippen LogP contribution in [0.25, 0.3) is 11.3 Å². The number of hydrogen-bond acceptors (Lipinski definition) is 7. The Kier molecular flexibility index (Phi) is 4.50. The fourth-order valence-corrected chi connectivity index (χ4v) is 4.63. The maximum absolute atomic E-state index is 6.15. The van der Waals surface area contributed by atoms with Gasteiger partial charge in [0.1, 0.15) is 5.69 Å². The predicted molar refractivity (Wildman–Crippen MR) is 117 cm³/mol. The normalized spacial score (nSPS) is 22.9. The van der Waals surface area contributed by atoms with Crippen LogP contribution in [0.1, 0.15) is 42.9 Å². The fourth-order valence-electron chi connectivity index (χ4n) is 4.63. The Morgan fingerprint density at radius 2 is 2.00 bits per heavy atom. The molecule has 31 heavy (non-hydrogen) atoms. The quantitative estimate of drug-likeness (QED) is 0.681. The highest BCUT2D eigenvalue weighted by Gasteiger charge is 2.45. The van der Waals surface area contributed by atoms with E-state index in [4.69, 9.17) is 15.5 Å². The molecule has 0 aromatic carbocycles. The Bertz CT molecular complexity index is 1070. The lowest BCUT2D eigenvalue weighted by Gasteiger charge is -2.40. The summed E-state index contributed by atoms with van der Waals surface area (Å²) in [5.74, 6) is 0.658. The number of anilines is 1. The molecule has 3 aliphatic rings. The van der Waals surface area contributed by atoms with Gasteiger partial charge in [-0.3, -0.25) is 9.97 Å². The van der Waals surface area contributed by atoms with E-state index in [0.717, 1.165) is 48.6 Å². The summed E-state index contributed by atoms with van der Waals surface area (Å²) in [7, 11) is 0. The molecule has 3 fully saturated rings.